The third-order valence-corrected chi connectivity index (χ3v) is 2.31. The lowest BCUT2D eigenvalue weighted by molar-refractivity contribution is 0.763. The molecule has 0 radical (unpaired) electrons. The van der Waals surface area contributed by atoms with Gasteiger partial charge in [-0.1, -0.05) is 0 Å². The Kier molecular flexibility index (Phi) is 1.60. The van der Waals surface area contributed by atoms with Gasteiger partial charge in [0.15, 0.2) is 0 Å². The van der Waals surface area contributed by atoms with Gasteiger partial charge < -0.3 is 5.32 Å². The summed E-state index contributed by atoms with van der Waals surface area (Å²) < 4.78 is 0. The summed E-state index contributed by atoms with van der Waals surface area (Å²) in [4.78, 5) is 0. The fraction of sp³-hybridized carbons (Fsp3) is 0.300. The summed E-state index contributed by atoms with van der Waals surface area (Å²) in [6, 6.07) is 6.09. The lowest BCUT2D eigenvalue weighted by atomic mass is 10.0. The molecule has 1 heterocycles. The first-order valence-electron chi connectivity index (χ1n) is 4.04. The Labute approximate surface area is 71.8 Å². The molecule has 0 aliphatic carbocycles. The van der Waals surface area contributed by atoms with Crippen molar-refractivity contribution in [3.63, 3.8) is 0 Å². The molecule has 1 aliphatic heterocycles. The number of nitrogens with one attached hydrogen (secondary N) is 1. The summed E-state index contributed by atoms with van der Waals surface area (Å²) >= 11 is 0. The Morgan fingerprint density at radius 3 is 3.00 bits per heavy atom. The van der Waals surface area contributed by atoms with Crippen LogP contribution in [0.5, 0.6) is 0 Å². The molecule has 12 heavy (non-hydrogen) atoms. The number of hydrogen-bond acceptors (Lipinski definition) is 2. The third-order valence-electron chi connectivity index (χ3n) is 2.31. The minimum Gasteiger partial charge on any atom is -0.309 e. The van der Waals surface area contributed by atoms with Crippen molar-refractivity contribution in [3.05, 3.63) is 34.4 Å². The normalized spacial score (nSPS) is 14.0. The van der Waals surface area contributed by atoms with Crippen LogP contribution in [-0.4, -0.2) is 0 Å². The van der Waals surface area contributed by atoms with Crippen LogP contribution < -0.4 is 5.32 Å². The molecule has 0 fully saturated rings. The first-order valence-corrected chi connectivity index (χ1v) is 4.04. The average Bonchev–Trinajstić information content (AvgIpc) is 2.52. The quantitative estimate of drug-likeness (QED) is 0.620. The van der Waals surface area contributed by atoms with Crippen molar-refractivity contribution in [1.29, 1.82) is 5.26 Å². The number of aryl methyl sites for hydroxylation is 1. The van der Waals surface area contributed by atoms with Crippen LogP contribution in [-0.2, 0) is 13.1 Å². The second-order valence-corrected chi connectivity index (χ2v) is 3.15. The summed E-state index contributed by atoms with van der Waals surface area (Å²) in [7, 11) is 0. The molecule has 1 aromatic rings. The van der Waals surface area contributed by atoms with E-state index in [2.05, 4.69) is 18.3 Å². The van der Waals surface area contributed by atoms with Crippen molar-refractivity contribution in [2.75, 3.05) is 0 Å². The van der Waals surface area contributed by atoms with Crippen LogP contribution in [0.1, 0.15) is 22.3 Å². The number of nitriles is 1. The lowest BCUT2D eigenvalue weighted by Gasteiger charge is -2.02. The zero-order valence-corrected chi connectivity index (χ0v) is 7.02. The van der Waals surface area contributed by atoms with Gasteiger partial charge in [-0.3, -0.25) is 0 Å². The molecule has 1 aliphatic rings. The van der Waals surface area contributed by atoms with Crippen LogP contribution in [0.3, 0.4) is 0 Å². The fourth-order valence-electron chi connectivity index (χ4n) is 1.69. The Morgan fingerprint density at radius 2 is 2.25 bits per heavy atom. The molecule has 0 amide bonds. The van der Waals surface area contributed by atoms with E-state index in [-0.39, 0.29) is 0 Å². The highest BCUT2D eigenvalue weighted by Gasteiger charge is 2.12. The van der Waals surface area contributed by atoms with Gasteiger partial charge in [-0.05, 0) is 35.7 Å². The third kappa shape index (κ3) is 0.992. The first-order chi connectivity index (χ1) is 5.81. The number of fused-ring (bicyclic) bond motifs is 1. The van der Waals surface area contributed by atoms with Gasteiger partial charge in [-0.15, -0.1) is 0 Å². The smallest absolute Gasteiger partial charge is 0.0991 e. The summed E-state index contributed by atoms with van der Waals surface area (Å²) in [6.07, 6.45) is 0. The molecule has 0 atom stereocenters. The van der Waals surface area contributed by atoms with Crippen LogP contribution in [0, 0.1) is 18.3 Å². The van der Waals surface area contributed by atoms with Gasteiger partial charge >= 0.3 is 0 Å². The van der Waals surface area contributed by atoms with Gasteiger partial charge in [-0.2, -0.15) is 5.26 Å². The van der Waals surface area contributed by atoms with E-state index in [9.17, 15) is 0 Å². The molecular weight excluding hydrogens is 148 g/mol. The van der Waals surface area contributed by atoms with Gasteiger partial charge in [0.1, 0.15) is 0 Å². The number of nitrogens with zero attached hydrogens (tertiary/aromatic N) is 1. The van der Waals surface area contributed by atoms with Crippen molar-refractivity contribution in [1.82, 2.24) is 5.32 Å². The van der Waals surface area contributed by atoms with E-state index in [4.69, 9.17) is 5.26 Å². The maximum Gasteiger partial charge on any atom is 0.0991 e. The summed E-state index contributed by atoms with van der Waals surface area (Å²) in [5, 5.41) is 12.0. The maximum absolute atomic E-state index is 8.72. The molecule has 2 nitrogen and oxygen atoms in total. The molecule has 0 bridgehead atoms. The van der Waals surface area contributed by atoms with Crippen LogP contribution in [0.25, 0.3) is 0 Å². The van der Waals surface area contributed by atoms with Gasteiger partial charge in [0, 0.05) is 13.1 Å². The fourth-order valence-corrected chi connectivity index (χ4v) is 1.69. The van der Waals surface area contributed by atoms with Crippen molar-refractivity contribution >= 4 is 0 Å². The van der Waals surface area contributed by atoms with Crippen LogP contribution >= 0.6 is 0 Å². The number of hydrogen-bond donors (Lipinski definition) is 1. The molecule has 2 heteroatoms. The SMILES string of the molecule is Cc1cc(C#N)cc2c1CNC2. The molecule has 0 unspecified atom stereocenters. The maximum atomic E-state index is 8.72. The Bertz CT molecular complexity index is 361. The molecule has 0 aromatic heterocycles. The predicted octanol–water partition coefficient (Wildman–Crippen LogP) is 1.47. The minimum atomic E-state index is 0.773. The largest absolute Gasteiger partial charge is 0.309 e. The second-order valence-electron chi connectivity index (χ2n) is 3.15. The molecule has 0 spiro atoms. The number of rotatable bonds is 0. The van der Waals surface area contributed by atoms with E-state index in [1.54, 1.807) is 0 Å². The molecule has 60 valence electrons. The minimum absolute atomic E-state index is 0.773. The van der Waals surface area contributed by atoms with Crippen LogP contribution in [0.2, 0.25) is 0 Å². The van der Waals surface area contributed by atoms with E-state index in [0.29, 0.717) is 0 Å². The molecule has 1 N–H and O–H groups in total. The molecule has 0 saturated heterocycles. The lowest BCUT2D eigenvalue weighted by Crippen LogP contribution is -2.00. The second kappa shape index (κ2) is 2.62. The Hall–Kier alpha value is -1.33. The van der Waals surface area contributed by atoms with Gasteiger partial charge in [0.05, 0.1) is 11.6 Å². The average molecular weight is 158 g/mol. The van der Waals surface area contributed by atoms with Gasteiger partial charge in [0.25, 0.3) is 0 Å². The first kappa shape index (κ1) is 7.33. The van der Waals surface area contributed by atoms with E-state index >= 15 is 0 Å². The monoisotopic (exact) mass is 158 g/mol. The van der Waals surface area contributed by atoms with E-state index in [1.165, 1.54) is 16.7 Å². The molecule has 2 rings (SSSR count). The summed E-state index contributed by atoms with van der Waals surface area (Å²) in [5.41, 5.74) is 4.66. The highest BCUT2D eigenvalue weighted by atomic mass is 14.9. The highest BCUT2D eigenvalue weighted by Crippen LogP contribution is 2.20. The molecule has 1 aromatic carbocycles. The molecular formula is C10H10N2. The van der Waals surface area contributed by atoms with Crippen LogP contribution in [0.15, 0.2) is 12.1 Å². The van der Waals surface area contributed by atoms with Crippen LogP contribution in [0.4, 0.5) is 0 Å². The van der Waals surface area contributed by atoms with Crippen molar-refractivity contribution in [2.24, 2.45) is 0 Å². The van der Waals surface area contributed by atoms with E-state index in [0.717, 1.165) is 18.7 Å². The summed E-state index contributed by atoms with van der Waals surface area (Å²) in [5.74, 6) is 0. The number of benzene rings is 1. The molecule has 0 saturated carbocycles. The Balaban J connectivity index is 2.60. The zero-order chi connectivity index (χ0) is 8.55. The van der Waals surface area contributed by atoms with Crippen molar-refractivity contribution in [2.45, 2.75) is 20.0 Å². The Morgan fingerprint density at radius 1 is 1.42 bits per heavy atom. The topological polar surface area (TPSA) is 35.8 Å². The summed E-state index contributed by atoms with van der Waals surface area (Å²) in [6.45, 7) is 3.92. The standard InChI is InChI=1S/C10H10N2/c1-7-2-8(4-11)3-9-5-12-6-10(7)9/h2-3,12H,5-6H2,1H3. The van der Waals surface area contributed by atoms with Crippen molar-refractivity contribution < 1.29 is 0 Å². The van der Waals surface area contributed by atoms with E-state index in [1.807, 2.05) is 12.1 Å². The predicted molar refractivity (Wildman–Crippen MR) is 46.4 cm³/mol. The van der Waals surface area contributed by atoms with E-state index < -0.39 is 0 Å². The highest BCUT2D eigenvalue weighted by molar-refractivity contribution is 5.44. The van der Waals surface area contributed by atoms with Crippen molar-refractivity contribution in [3.8, 4) is 6.07 Å². The van der Waals surface area contributed by atoms with Gasteiger partial charge in [-0.25, -0.2) is 0 Å². The zero-order valence-electron chi connectivity index (χ0n) is 7.02. The van der Waals surface area contributed by atoms with Gasteiger partial charge in [0.2, 0.25) is 0 Å².